The lowest BCUT2D eigenvalue weighted by atomic mass is 10.0. The molecule has 0 bridgehead atoms. The van der Waals surface area contributed by atoms with Crippen LogP contribution in [0.15, 0.2) is 55.4 Å². The van der Waals surface area contributed by atoms with Gasteiger partial charge in [-0.1, -0.05) is 23.7 Å². The van der Waals surface area contributed by atoms with Crippen LogP contribution in [0.25, 0.3) is 5.69 Å². The van der Waals surface area contributed by atoms with Gasteiger partial charge < -0.3 is 5.32 Å². The molecule has 0 spiro atoms. The van der Waals surface area contributed by atoms with Gasteiger partial charge in [0, 0.05) is 49.6 Å². The van der Waals surface area contributed by atoms with E-state index in [1.807, 2.05) is 30.6 Å². The van der Waals surface area contributed by atoms with Crippen molar-refractivity contribution in [2.75, 3.05) is 19.6 Å². The van der Waals surface area contributed by atoms with Gasteiger partial charge in [-0.15, -0.1) is 12.4 Å². The molecule has 1 N–H and O–H groups in total. The molecular formula is C18H20Cl2N6. The maximum atomic E-state index is 6.21. The van der Waals surface area contributed by atoms with Crippen LogP contribution < -0.4 is 5.32 Å². The lowest BCUT2D eigenvalue weighted by Crippen LogP contribution is -2.45. The van der Waals surface area contributed by atoms with Crippen molar-refractivity contribution in [3.05, 3.63) is 71.5 Å². The van der Waals surface area contributed by atoms with Gasteiger partial charge in [-0.05, 0) is 29.3 Å². The highest BCUT2D eigenvalue weighted by molar-refractivity contribution is 6.30. The summed E-state index contributed by atoms with van der Waals surface area (Å²) in [5.74, 6) is 0. The van der Waals surface area contributed by atoms with Crippen molar-refractivity contribution in [2.24, 2.45) is 0 Å². The molecule has 0 saturated carbocycles. The molecule has 8 heteroatoms. The quantitative estimate of drug-likeness (QED) is 0.741. The monoisotopic (exact) mass is 390 g/mol. The number of pyridine rings is 1. The molecule has 3 aromatic rings. The summed E-state index contributed by atoms with van der Waals surface area (Å²) in [7, 11) is 0. The van der Waals surface area contributed by atoms with Gasteiger partial charge in [0.1, 0.15) is 12.7 Å². The van der Waals surface area contributed by atoms with Gasteiger partial charge in [-0.25, -0.2) is 9.67 Å². The maximum Gasteiger partial charge on any atom is 0.138 e. The lowest BCUT2D eigenvalue weighted by Gasteiger charge is -2.36. The number of halogens is 2. The van der Waals surface area contributed by atoms with E-state index in [1.165, 1.54) is 17.5 Å². The Bertz CT molecular complexity index is 825. The van der Waals surface area contributed by atoms with Crippen LogP contribution in [-0.2, 0) is 6.54 Å². The van der Waals surface area contributed by atoms with Gasteiger partial charge in [0.25, 0.3) is 0 Å². The predicted octanol–water partition coefficient (Wildman–Crippen LogP) is 2.88. The SMILES string of the molecule is Cl.Clc1ccc(CN2CCNCC2c2cccnc2)c(-n2cncn2)c1. The second-order valence-corrected chi connectivity index (χ2v) is 6.53. The Labute approximate surface area is 163 Å². The van der Waals surface area contributed by atoms with E-state index in [1.54, 1.807) is 11.0 Å². The van der Waals surface area contributed by atoms with E-state index < -0.39 is 0 Å². The van der Waals surface area contributed by atoms with Crippen molar-refractivity contribution in [3.8, 4) is 5.69 Å². The van der Waals surface area contributed by atoms with Crippen LogP contribution >= 0.6 is 24.0 Å². The number of nitrogens with one attached hydrogen (secondary N) is 1. The zero-order chi connectivity index (χ0) is 17.1. The van der Waals surface area contributed by atoms with Crippen LogP contribution in [0.2, 0.25) is 5.02 Å². The first kappa shape index (κ1) is 18.8. The van der Waals surface area contributed by atoms with Gasteiger partial charge in [0.2, 0.25) is 0 Å². The highest BCUT2D eigenvalue weighted by Gasteiger charge is 2.25. The van der Waals surface area contributed by atoms with Gasteiger partial charge in [-0.3, -0.25) is 9.88 Å². The Morgan fingerprint density at radius 2 is 2.15 bits per heavy atom. The third-order valence-corrected chi connectivity index (χ3v) is 4.74. The fraction of sp³-hybridized carbons (Fsp3) is 0.278. The molecule has 1 unspecified atom stereocenters. The first-order chi connectivity index (χ1) is 12.3. The number of hydrogen-bond acceptors (Lipinski definition) is 5. The van der Waals surface area contributed by atoms with Gasteiger partial charge >= 0.3 is 0 Å². The smallest absolute Gasteiger partial charge is 0.138 e. The van der Waals surface area contributed by atoms with Gasteiger partial charge in [0.05, 0.1) is 5.69 Å². The summed E-state index contributed by atoms with van der Waals surface area (Å²) >= 11 is 6.21. The standard InChI is InChI=1S/C18H19ClN6.ClH/c19-16-4-3-15(17(8-16)25-13-22-12-23-25)11-24-7-6-21-10-18(24)14-2-1-5-20-9-14;/h1-5,8-9,12-13,18,21H,6-7,10-11H2;1H. The van der Waals surface area contributed by atoms with Crippen molar-refractivity contribution in [2.45, 2.75) is 12.6 Å². The fourth-order valence-electron chi connectivity index (χ4n) is 3.27. The van der Waals surface area contributed by atoms with Crippen LogP contribution in [0, 0.1) is 0 Å². The maximum absolute atomic E-state index is 6.21. The third-order valence-electron chi connectivity index (χ3n) is 4.51. The molecule has 26 heavy (non-hydrogen) atoms. The van der Waals surface area contributed by atoms with E-state index in [0.29, 0.717) is 11.1 Å². The molecule has 4 rings (SSSR count). The third kappa shape index (κ3) is 4.04. The number of nitrogens with zero attached hydrogens (tertiary/aromatic N) is 5. The highest BCUT2D eigenvalue weighted by Crippen LogP contribution is 2.27. The molecule has 2 aromatic heterocycles. The first-order valence-corrected chi connectivity index (χ1v) is 8.67. The Balaban J connectivity index is 0.00000196. The minimum absolute atomic E-state index is 0. The molecular weight excluding hydrogens is 371 g/mol. The zero-order valence-corrected chi connectivity index (χ0v) is 15.7. The van der Waals surface area contributed by atoms with Crippen molar-refractivity contribution in [1.82, 2.24) is 30.0 Å². The summed E-state index contributed by atoms with van der Waals surface area (Å²) in [4.78, 5) is 10.8. The highest BCUT2D eigenvalue weighted by atomic mass is 35.5. The van der Waals surface area contributed by atoms with E-state index in [0.717, 1.165) is 31.9 Å². The topological polar surface area (TPSA) is 58.9 Å². The average Bonchev–Trinajstić information content (AvgIpc) is 3.19. The Morgan fingerprint density at radius 1 is 1.23 bits per heavy atom. The summed E-state index contributed by atoms with van der Waals surface area (Å²) in [5.41, 5.74) is 3.37. The molecule has 1 fully saturated rings. The molecule has 3 heterocycles. The Kier molecular flexibility index (Phi) is 6.21. The van der Waals surface area contributed by atoms with Crippen LogP contribution in [0.5, 0.6) is 0 Å². The molecule has 0 aliphatic carbocycles. The number of benzene rings is 1. The summed E-state index contributed by atoms with van der Waals surface area (Å²) < 4.78 is 1.77. The van der Waals surface area contributed by atoms with E-state index in [9.17, 15) is 0 Å². The Hall–Kier alpha value is -1.99. The number of piperazine rings is 1. The second-order valence-electron chi connectivity index (χ2n) is 6.09. The molecule has 1 aromatic carbocycles. The molecule has 1 saturated heterocycles. The number of aromatic nitrogens is 4. The molecule has 136 valence electrons. The molecule has 1 aliphatic rings. The van der Waals surface area contributed by atoms with E-state index >= 15 is 0 Å². The fourth-order valence-corrected chi connectivity index (χ4v) is 3.44. The Morgan fingerprint density at radius 3 is 2.92 bits per heavy atom. The average molecular weight is 391 g/mol. The molecule has 6 nitrogen and oxygen atoms in total. The predicted molar refractivity (Wildman–Crippen MR) is 104 cm³/mol. The zero-order valence-electron chi connectivity index (χ0n) is 14.1. The number of hydrogen-bond donors (Lipinski definition) is 1. The normalized spacial score (nSPS) is 17.7. The van der Waals surface area contributed by atoms with Crippen molar-refractivity contribution in [1.29, 1.82) is 0 Å². The second kappa shape index (κ2) is 8.60. The molecule has 0 radical (unpaired) electrons. The van der Waals surface area contributed by atoms with Crippen molar-refractivity contribution < 1.29 is 0 Å². The van der Waals surface area contributed by atoms with Crippen LogP contribution in [-0.4, -0.2) is 44.3 Å². The first-order valence-electron chi connectivity index (χ1n) is 8.29. The largest absolute Gasteiger partial charge is 0.314 e. The van der Waals surface area contributed by atoms with E-state index in [-0.39, 0.29) is 12.4 Å². The van der Waals surface area contributed by atoms with Crippen molar-refractivity contribution in [3.63, 3.8) is 0 Å². The summed E-state index contributed by atoms with van der Waals surface area (Å²) in [6, 6.07) is 10.4. The minimum atomic E-state index is 0. The van der Waals surface area contributed by atoms with Crippen molar-refractivity contribution >= 4 is 24.0 Å². The van der Waals surface area contributed by atoms with E-state index in [4.69, 9.17) is 11.6 Å². The van der Waals surface area contributed by atoms with E-state index in [2.05, 4.69) is 37.4 Å². The molecule has 1 atom stereocenters. The van der Waals surface area contributed by atoms with Crippen LogP contribution in [0.1, 0.15) is 17.2 Å². The van der Waals surface area contributed by atoms with Crippen LogP contribution in [0.4, 0.5) is 0 Å². The molecule has 1 aliphatic heterocycles. The summed E-state index contributed by atoms with van der Waals surface area (Å²) in [6.07, 6.45) is 7.00. The van der Waals surface area contributed by atoms with Crippen LogP contribution in [0.3, 0.4) is 0 Å². The summed E-state index contributed by atoms with van der Waals surface area (Å²) in [6.45, 7) is 3.67. The molecule has 0 amide bonds. The summed E-state index contributed by atoms with van der Waals surface area (Å²) in [5, 5.41) is 8.44. The lowest BCUT2D eigenvalue weighted by molar-refractivity contribution is 0.153. The minimum Gasteiger partial charge on any atom is -0.314 e. The van der Waals surface area contributed by atoms with Gasteiger partial charge in [-0.2, -0.15) is 5.10 Å². The number of rotatable bonds is 4. The van der Waals surface area contributed by atoms with Gasteiger partial charge in [0.15, 0.2) is 0 Å².